The average Bonchev–Trinajstić information content (AvgIpc) is 2.19. The van der Waals surface area contributed by atoms with E-state index in [0.717, 1.165) is 38.6 Å². The maximum Gasteiger partial charge on any atom is 0.0671 e. The lowest BCUT2D eigenvalue weighted by atomic mass is 10.1. The van der Waals surface area contributed by atoms with E-state index >= 15 is 0 Å². The van der Waals surface area contributed by atoms with Crippen molar-refractivity contribution in [3.05, 3.63) is 0 Å². The number of rotatable bonds is 10. The largest absolute Gasteiger partial charge is 0.385 e. The lowest BCUT2D eigenvalue weighted by Crippen LogP contribution is -2.28. The molecule has 1 unspecified atom stereocenters. The molecular weight excluding hydrogens is 190 g/mol. The van der Waals surface area contributed by atoms with Crippen LogP contribution in [0.4, 0.5) is 0 Å². The Bertz CT molecular complexity index is 129. The van der Waals surface area contributed by atoms with Gasteiger partial charge in [0.15, 0.2) is 0 Å². The number of hydrogen-bond donors (Lipinski definition) is 1. The summed E-state index contributed by atoms with van der Waals surface area (Å²) >= 11 is 0. The molecule has 0 rings (SSSR count). The Morgan fingerprint density at radius 3 is 2.47 bits per heavy atom. The molecule has 0 spiro atoms. The van der Waals surface area contributed by atoms with Crippen molar-refractivity contribution < 1.29 is 9.47 Å². The number of ether oxygens (including phenoxy) is 2. The summed E-state index contributed by atoms with van der Waals surface area (Å²) in [6.45, 7) is 10.2. The highest BCUT2D eigenvalue weighted by atomic mass is 16.5. The summed E-state index contributed by atoms with van der Waals surface area (Å²) < 4.78 is 10.6. The van der Waals surface area contributed by atoms with Crippen molar-refractivity contribution in [1.29, 1.82) is 0 Å². The van der Waals surface area contributed by atoms with Gasteiger partial charge in [0.2, 0.25) is 0 Å². The minimum atomic E-state index is 0.300. The average molecular weight is 217 g/mol. The zero-order valence-corrected chi connectivity index (χ0v) is 10.7. The van der Waals surface area contributed by atoms with Crippen LogP contribution in [0.2, 0.25) is 0 Å². The first kappa shape index (κ1) is 14.9. The predicted molar refractivity (Wildman–Crippen MR) is 64.2 cm³/mol. The molecule has 1 N–H and O–H groups in total. The maximum absolute atomic E-state index is 5.61. The highest BCUT2D eigenvalue weighted by Gasteiger charge is 2.01. The van der Waals surface area contributed by atoms with Crippen molar-refractivity contribution in [3.63, 3.8) is 0 Å². The topological polar surface area (TPSA) is 30.5 Å². The number of hydrogen-bond acceptors (Lipinski definition) is 3. The molecule has 0 saturated carbocycles. The first-order valence-electron chi connectivity index (χ1n) is 5.98. The second-order valence-corrected chi connectivity index (χ2v) is 4.41. The van der Waals surface area contributed by atoms with E-state index in [9.17, 15) is 0 Å². The molecule has 0 radical (unpaired) electrons. The molecule has 1 atom stereocenters. The lowest BCUT2D eigenvalue weighted by molar-refractivity contribution is 0.0504. The third-order valence-corrected chi connectivity index (χ3v) is 2.23. The van der Waals surface area contributed by atoms with E-state index in [1.807, 2.05) is 0 Å². The molecule has 0 aliphatic rings. The highest BCUT2D eigenvalue weighted by molar-refractivity contribution is 4.56. The van der Waals surface area contributed by atoms with Crippen molar-refractivity contribution >= 4 is 0 Å². The Balaban J connectivity index is 3.15. The van der Waals surface area contributed by atoms with Gasteiger partial charge >= 0.3 is 0 Å². The van der Waals surface area contributed by atoms with E-state index < -0.39 is 0 Å². The van der Waals surface area contributed by atoms with Crippen LogP contribution < -0.4 is 5.32 Å². The van der Waals surface area contributed by atoms with E-state index in [1.54, 1.807) is 7.11 Å². The summed E-state index contributed by atoms with van der Waals surface area (Å²) in [5, 5.41) is 3.40. The molecule has 3 nitrogen and oxygen atoms in total. The van der Waals surface area contributed by atoms with E-state index in [-0.39, 0.29) is 0 Å². The van der Waals surface area contributed by atoms with Crippen LogP contribution in [0.3, 0.4) is 0 Å². The van der Waals surface area contributed by atoms with Crippen molar-refractivity contribution in [2.24, 2.45) is 5.92 Å². The molecule has 0 aliphatic heterocycles. The molecule has 3 heteroatoms. The Kier molecular flexibility index (Phi) is 10.3. The Hall–Kier alpha value is -0.120. The third-order valence-electron chi connectivity index (χ3n) is 2.23. The highest BCUT2D eigenvalue weighted by Crippen LogP contribution is 1.97. The van der Waals surface area contributed by atoms with E-state index in [2.05, 4.69) is 26.1 Å². The fraction of sp³-hybridized carbons (Fsp3) is 1.00. The molecule has 0 bridgehead atoms. The van der Waals surface area contributed by atoms with Gasteiger partial charge < -0.3 is 14.8 Å². The first-order chi connectivity index (χ1) is 7.16. The quantitative estimate of drug-likeness (QED) is 0.568. The van der Waals surface area contributed by atoms with Gasteiger partial charge in [0.05, 0.1) is 6.10 Å². The monoisotopic (exact) mass is 217 g/mol. The summed E-state index contributed by atoms with van der Waals surface area (Å²) in [4.78, 5) is 0. The normalized spacial score (nSPS) is 13.4. The molecule has 0 fully saturated rings. The molecule has 15 heavy (non-hydrogen) atoms. The lowest BCUT2D eigenvalue weighted by Gasteiger charge is -2.14. The van der Waals surface area contributed by atoms with Gasteiger partial charge in [-0.05, 0) is 32.2 Å². The summed E-state index contributed by atoms with van der Waals surface area (Å²) in [6, 6.07) is 0. The van der Waals surface area contributed by atoms with Crippen LogP contribution in [-0.2, 0) is 9.47 Å². The van der Waals surface area contributed by atoms with Gasteiger partial charge in [0.25, 0.3) is 0 Å². The third kappa shape index (κ3) is 11.8. The zero-order chi connectivity index (χ0) is 11.5. The number of nitrogens with one attached hydrogen (secondary N) is 1. The molecule has 0 aliphatic carbocycles. The molecule has 0 saturated heterocycles. The summed E-state index contributed by atoms with van der Waals surface area (Å²) in [6.07, 6.45) is 2.51. The van der Waals surface area contributed by atoms with Crippen LogP contribution in [0.25, 0.3) is 0 Å². The zero-order valence-electron chi connectivity index (χ0n) is 10.7. The van der Waals surface area contributed by atoms with Crippen LogP contribution in [0.1, 0.15) is 33.6 Å². The Labute approximate surface area is 94.5 Å². The molecule has 0 aromatic rings. The van der Waals surface area contributed by atoms with Crippen LogP contribution in [-0.4, -0.2) is 39.5 Å². The van der Waals surface area contributed by atoms with Gasteiger partial charge in [0, 0.05) is 26.9 Å². The van der Waals surface area contributed by atoms with Crippen LogP contribution in [0, 0.1) is 5.92 Å². The van der Waals surface area contributed by atoms with Gasteiger partial charge in [-0.2, -0.15) is 0 Å². The van der Waals surface area contributed by atoms with Crippen molar-refractivity contribution in [2.75, 3.05) is 33.4 Å². The van der Waals surface area contributed by atoms with Crippen LogP contribution >= 0.6 is 0 Å². The number of methoxy groups -OCH3 is 1. The maximum atomic E-state index is 5.61. The van der Waals surface area contributed by atoms with Crippen LogP contribution in [0.5, 0.6) is 0 Å². The molecular formula is C12H27NO2. The van der Waals surface area contributed by atoms with E-state index in [1.165, 1.54) is 6.42 Å². The molecule has 0 amide bonds. The van der Waals surface area contributed by atoms with Crippen molar-refractivity contribution in [3.8, 4) is 0 Å². The minimum Gasteiger partial charge on any atom is -0.385 e. The predicted octanol–water partition coefficient (Wildman–Crippen LogP) is 2.06. The first-order valence-corrected chi connectivity index (χ1v) is 5.98. The van der Waals surface area contributed by atoms with E-state index in [4.69, 9.17) is 9.47 Å². The van der Waals surface area contributed by atoms with E-state index in [0.29, 0.717) is 6.10 Å². The standard InChI is InChI=1S/C12H27NO2/c1-11(2)6-7-13-10-12(3)15-9-5-8-14-4/h11-13H,5-10H2,1-4H3. The SMILES string of the molecule is COCCCOC(C)CNCCC(C)C. The van der Waals surface area contributed by atoms with Gasteiger partial charge in [-0.25, -0.2) is 0 Å². The summed E-state index contributed by atoms with van der Waals surface area (Å²) in [7, 11) is 1.72. The summed E-state index contributed by atoms with van der Waals surface area (Å²) in [5.41, 5.74) is 0. The van der Waals surface area contributed by atoms with Gasteiger partial charge in [-0.1, -0.05) is 13.8 Å². The minimum absolute atomic E-state index is 0.300. The Morgan fingerprint density at radius 2 is 1.87 bits per heavy atom. The fourth-order valence-electron chi connectivity index (χ4n) is 1.24. The van der Waals surface area contributed by atoms with Crippen LogP contribution in [0.15, 0.2) is 0 Å². The molecule has 0 aromatic carbocycles. The second-order valence-electron chi connectivity index (χ2n) is 4.41. The molecule has 0 heterocycles. The van der Waals surface area contributed by atoms with Gasteiger partial charge in [0.1, 0.15) is 0 Å². The van der Waals surface area contributed by atoms with Crippen molar-refractivity contribution in [1.82, 2.24) is 5.32 Å². The smallest absolute Gasteiger partial charge is 0.0671 e. The fourth-order valence-corrected chi connectivity index (χ4v) is 1.24. The van der Waals surface area contributed by atoms with Gasteiger partial charge in [-0.15, -0.1) is 0 Å². The summed E-state index contributed by atoms with van der Waals surface area (Å²) in [5.74, 6) is 0.774. The van der Waals surface area contributed by atoms with Gasteiger partial charge in [-0.3, -0.25) is 0 Å². The molecule has 92 valence electrons. The van der Waals surface area contributed by atoms with Crippen molar-refractivity contribution in [2.45, 2.75) is 39.7 Å². The Morgan fingerprint density at radius 1 is 1.13 bits per heavy atom. The molecule has 0 aromatic heterocycles. The second kappa shape index (κ2) is 10.4.